The molecule has 2 aromatic carbocycles. The number of fused-ring (bicyclic) bond motifs is 1. The molecule has 6 heteroatoms. The second-order valence-corrected chi connectivity index (χ2v) is 8.32. The second-order valence-electron chi connectivity index (χ2n) is 8.32. The Morgan fingerprint density at radius 3 is 2.53 bits per heavy atom. The molecule has 0 saturated heterocycles. The van der Waals surface area contributed by atoms with Gasteiger partial charge in [-0.3, -0.25) is 9.59 Å². The molecule has 1 aliphatic carbocycles. The van der Waals surface area contributed by atoms with Gasteiger partial charge < -0.3 is 14.8 Å². The maximum Gasteiger partial charge on any atom is 0.243 e. The van der Waals surface area contributed by atoms with Gasteiger partial charge in [0.05, 0.1) is 17.6 Å². The van der Waals surface area contributed by atoms with Crippen LogP contribution in [0, 0.1) is 0 Å². The van der Waals surface area contributed by atoms with E-state index in [4.69, 9.17) is 0 Å². The van der Waals surface area contributed by atoms with Crippen molar-refractivity contribution in [3.63, 3.8) is 0 Å². The molecule has 32 heavy (non-hydrogen) atoms. The van der Waals surface area contributed by atoms with E-state index in [0.717, 1.165) is 42.3 Å². The average molecular weight is 431 g/mol. The van der Waals surface area contributed by atoms with E-state index in [1.807, 2.05) is 47.0 Å². The fraction of sp³-hybridized carbons (Fsp3) is 0.346. The zero-order valence-corrected chi connectivity index (χ0v) is 18.4. The first-order chi connectivity index (χ1) is 15.7. The van der Waals surface area contributed by atoms with Crippen LogP contribution in [0.25, 0.3) is 11.0 Å². The molecule has 1 heterocycles. The predicted octanol–water partition coefficient (Wildman–Crippen LogP) is 4.20. The van der Waals surface area contributed by atoms with Gasteiger partial charge in [0.2, 0.25) is 11.8 Å². The third-order valence-corrected chi connectivity index (χ3v) is 6.16. The van der Waals surface area contributed by atoms with E-state index in [-0.39, 0.29) is 30.9 Å². The SMILES string of the molecule is C=CC(=O)NCc1nc2ccccc2n1CC(=O)N(Cc1ccccc1)C1CCCCC1. The first-order valence-corrected chi connectivity index (χ1v) is 11.3. The molecule has 0 aliphatic heterocycles. The number of hydrogen-bond donors (Lipinski definition) is 1. The highest BCUT2D eigenvalue weighted by atomic mass is 16.2. The molecule has 1 fully saturated rings. The van der Waals surface area contributed by atoms with Crippen LogP contribution in [0.1, 0.15) is 43.5 Å². The van der Waals surface area contributed by atoms with E-state index in [2.05, 4.69) is 33.9 Å². The molecular weight excluding hydrogens is 400 g/mol. The van der Waals surface area contributed by atoms with Crippen molar-refractivity contribution in [1.29, 1.82) is 0 Å². The van der Waals surface area contributed by atoms with Crippen molar-refractivity contribution in [1.82, 2.24) is 19.8 Å². The van der Waals surface area contributed by atoms with Crippen LogP contribution in [-0.2, 0) is 29.2 Å². The molecule has 0 bridgehead atoms. The van der Waals surface area contributed by atoms with Crippen LogP contribution in [0.4, 0.5) is 0 Å². The monoisotopic (exact) mass is 430 g/mol. The van der Waals surface area contributed by atoms with Gasteiger partial charge in [-0.25, -0.2) is 4.98 Å². The summed E-state index contributed by atoms with van der Waals surface area (Å²) in [4.78, 5) is 32.1. The first-order valence-electron chi connectivity index (χ1n) is 11.3. The van der Waals surface area contributed by atoms with E-state index in [9.17, 15) is 9.59 Å². The van der Waals surface area contributed by atoms with Crippen LogP contribution < -0.4 is 5.32 Å². The smallest absolute Gasteiger partial charge is 0.243 e. The minimum atomic E-state index is -0.261. The van der Waals surface area contributed by atoms with Crippen molar-refractivity contribution in [2.75, 3.05) is 0 Å². The summed E-state index contributed by atoms with van der Waals surface area (Å²) >= 11 is 0. The van der Waals surface area contributed by atoms with E-state index < -0.39 is 0 Å². The molecule has 0 radical (unpaired) electrons. The van der Waals surface area contributed by atoms with E-state index >= 15 is 0 Å². The predicted molar refractivity (Wildman–Crippen MR) is 126 cm³/mol. The van der Waals surface area contributed by atoms with Crippen molar-refractivity contribution in [3.8, 4) is 0 Å². The van der Waals surface area contributed by atoms with Crippen molar-refractivity contribution in [2.45, 2.75) is 57.8 Å². The second kappa shape index (κ2) is 10.3. The molecule has 1 aliphatic rings. The molecule has 6 nitrogen and oxygen atoms in total. The molecule has 3 aromatic rings. The van der Waals surface area contributed by atoms with Crippen molar-refractivity contribution in [2.24, 2.45) is 0 Å². The lowest BCUT2D eigenvalue weighted by Crippen LogP contribution is -2.42. The Labute approximate surface area is 188 Å². The number of rotatable bonds is 8. The topological polar surface area (TPSA) is 67.2 Å². The van der Waals surface area contributed by atoms with Crippen LogP contribution in [0.15, 0.2) is 67.3 Å². The zero-order chi connectivity index (χ0) is 22.3. The van der Waals surface area contributed by atoms with Crippen LogP contribution in [0.2, 0.25) is 0 Å². The van der Waals surface area contributed by atoms with Crippen LogP contribution in [-0.4, -0.2) is 32.3 Å². The van der Waals surface area contributed by atoms with Gasteiger partial charge in [-0.15, -0.1) is 0 Å². The van der Waals surface area contributed by atoms with Gasteiger partial charge in [-0.1, -0.05) is 68.3 Å². The van der Waals surface area contributed by atoms with E-state index in [1.54, 1.807) is 0 Å². The summed E-state index contributed by atoms with van der Waals surface area (Å²) in [7, 11) is 0. The lowest BCUT2D eigenvalue weighted by molar-refractivity contribution is -0.135. The summed E-state index contributed by atoms with van der Waals surface area (Å²) in [6, 6.07) is 18.2. The first kappa shape index (κ1) is 21.8. The maximum atomic E-state index is 13.7. The van der Waals surface area contributed by atoms with E-state index in [1.165, 1.54) is 12.5 Å². The highest BCUT2D eigenvalue weighted by molar-refractivity contribution is 5.87. The molecule has 0 spiro atoms. The van der Waals surface area contributed by atoms with Crippen LogP contribution >= 0.6 is 0 Å². The summed E-state index contributed by atoms with van der Waals surface area (Å²) in [5.41, 5.74) is 2.85. The molecule has 0 atom stereocenters. The molecule has 2 amide bonds. The summed E-state index contributed by atoms with van der Waals surface area (Å²) in [5.74, 6) is 0.487. The Kier molecular flexibility index (Phi) is 7.00. The quantitative estimate of drug-likeness (QED) is 0.545. The fourth-order valence-corrected chi connectivity index (χ4v) is 4.49. The average Bonchev–Trinajstić information content (AvgIpc) is 3.19. The number of carbonyl (C=O) groups is 2. The Hall–Kier alpha value is -3.41. The van der Waals surface area contributed by atoms with Crippen molar-refractivity contribution in [3.05, 3.63) is 78.6 Å². The van der Waals surface area contributed by atoms with Gasteiger partial charge in [0, 0.05) is 12.6 Å². The minimum Gasteiger partial charge on any atom is -0.345 e. The molecule has 1 aromatic heterocycles. The molecule has 4 rings (SSSR count). The summed E-state index contributed by atoms with van der Waals surface area (Å²) < 4.78 is 1.93. The normalized spacial score (nSPS) is 14.2. The highest BCUT2D eigenvalue weighted by Crippen LogP contribution is 2.25. The number of aromatic nitrogens is 2. The largest absolute Gasteiger partial charge is 0.345 e. The van der Waals surface area contributed by atoms with Gasteiger partial charge in [0.15, 0.2) is 0 Å². The maximum absolute atomic E-state index is 13.7. The standard InChI is InChI=1S/C26H30N4O2/c1-2-25(31)27-17-24-28-22-15-9-10-16-23(22)30(24)19-26(32)29(21-13-7-4-8-14-21)18-20-11-5-3-6-12-20/h2-3,5-6,9-12,15-16,21H,1,4,7-8,13-14,17-19H2,(H,27,31). The Morgan fingerprint density at radius 2 is 1.78 bits per heavy atom. The number of benzene rings is 2. The van der Waals surface area contributed by atoms with Gasteiger partial charge in [-0.2, -0.15) is 0 Å². The Morgan fingerprint density at radius 1 is 1.06 bits per heavy atom. The minimum absolute atomic E-state index is 0.0835. The summed E-state index contributed by atoms with van der Waals surface area (Å²) in [6.45, 7) is 4.55. The molecule has 166 valence electrons. The lowest BCUT2D eigenvalue weighted by atomic mass is 9.93. The fourth-order valence-electron chi connectivity index (χ4n) is 4.49. The van der Waals surface area contributed by atoms with Crippen molar-refractivity contribution >= 4 is 22.8 Å². The Bertz CT molecular complexity index is 1080. The Balaban J connectivity index is 1.61. The summed E-state index contributed by atoms with van der Waals surface area (Å²) in [5, 5.41) is 2.79. The van der Waals surface area contributed by atoms with Gasteiger partial charge in [0.25, 0.3) is 0 Å². The van der Waals surface area contributed by atoms with Gasteiger partial charge in [-0.05, 0) is 36.6 Å². The van der Waals surface area contributed by atoms with Gasteiger partial charge >= 0.3 is 0 Å². The van der Waals surface area contributed by atoms with Gasteiger partial charge in [0.1, 0.15) is 12.4 Å². The number of para-hydroxylation sites is 2. The number of imidazole rings is 1. The van der Waals surface area contributed by atoms with Crippen molar-refractivity contribution < 1.29 is 9.59 Å². The molecule has 1 saturated carbocycles. The lowest BCUT2D eigenvalue weighted by Gasteiger charge is -2.35. The highest BCUT2D eigenvalue weighted by Gasteiger charge is 2.27. The van der Waals surface area contributed by atoms with Crippen LogP contribution in [0.5, 0.6) is 0 Å². The zero-order valence-electron chi connectivity index (χ0n) is 18.4. The van der Waals surface area contributed by atoms with E-state index in [0.29, 0.717) is 12.4 Å². The molecule has 1 N–H and O–H groups in total. The number of hydrogen-bond acceptors (Lipinski definition) is 3. The number of carbonyl (C=O) groups excluding carboxylic acids is 2. The molecule has 0 unspecified atom stereocenters. The third kappa shape index (κ3) is 5.07. The molecular formula is C26H30N4O2. The summed E-state index contributed by atoms with van der Waals surface area (Å²) in [6.07, 6.45) is 6.90. The number of amides is 2. The number of nitrogens with zero attached hydrogens (tertiary/aromatic N) is 3. The van der Waals surface area contributed by atoms with Crippen LogP contribution in [0.3, 0.4) is 0 Å². The third-order valence-electron chi connectivity index (χ3n) is 6.16. The number of nitrogens with one attached hydrogen (secondary N) is 1.